The van der Waals surface area contributed by atoms with Crippen molar-refractivity contribution < 1.29 is 9.32 Å². The number of rotatable bonds is 15. The molecule has 0 spiro atoms. The summed E-state index contributed by atoms with van der Waals surface area (Å²) in [5.74, 6) is -0.0235. The summed E-state index contributed by atoms with van der Waals surface area (Å²) in [4.78, 5) is 12.5. The van der Waals surface area contributed by atoms with Gasteiger partial charge in [-0.15, -0.1) is 0 Å². The molecule has 0 heterocycles. The molecule has 0 amide bonds. The van der Waals surface area contributed by atoms with Crippen molar-refractivity contribution in [1.82, 2.24) is 5.32 Å². The van der Waals surface area contributed by atoms with Crippen LogP contribution in [0.5, 0.6) is 0 Å². The first-order valence-corrected chi connectivity index (χ1v) is 12.8. The summed E-state index contributed by atoms with van der Waals surface area (Å²) in [5.41, 5.74) is 0. The van der Waals surface area contributed by atoms with Gasteiger partial charge in [0.15, 0.2) is 0 Å². The average molecular weight is 348 g/mol. The zero-order chi connectivity index (χ0) is 17.6. The normalized spacial score (nSPS) is 13.5. The van der Waals surface area contributed by atoms with Crippen LogP contribution < -0.4 is 5.32 Å². The Labute approximate surface area is 145 Å². The van der Waals surface area contributed by atoms with E-state index in [-0.39, 0.29) is 5.97 Å². The van der Waals surface area contributed by atoms with Crippen LogP contribution in [-0.4, -0.2) is 44.2 Å². The summed E-state index contributed by atoms with van der Waals surface area (Å²) in [6.45, 7) is 6.93. The number of unbranched alkanes of at least 4 members (excludes halogenated alkanes) is 4. The maximum atomic E-state index is 12.5. The van der Waals surface area contributed by atoms with Gasteiger partial charge in [-0.1, -0.05) is 0 Å². The van der Waals surface area contributed by atoms with Crippen molar-refractivity contribution in [3.63, 3.8) is 0 Å². The number of hydrogen-bond donors (Lipinski definition) is 1. The number of likely N-dealkylation sites (N-methyl/N-ethyl adjacent to an activating group) is 1. The van der Waals surface area contributed by atoms with Gasteiger partial charge >= 0.3 is 145 Å². The maximum absolute atomic E-state index is 12.5. The van der Waals surface area contributed by atoms with E-state index in [1.54, 1.807) is 0 Å². The zero-order valence-corrected chi connectivity index (χ0v) is 17.4. The fourth-order valence-electron chi connectivity index (χ4n) is 3.55. The van der Waals surface area contributed by atoms with E-state index in [1.165, 1.54) is 51.4 Å². The summed E-state index contributed by atoms with van der Waals surface area (Å²) >= 11 is 0. The number of carbonyl (C=O) groups excluding carboxylic acids is 1. The molecule has 0 aromatic rings. The van der Waals surface area contributed by atoms with Gasteiger partial charge in [0.25, 0.3) is 0 Å². The zero-order valence-electron chi connectivity index (χ0n) is 16.5. The molecule has 140 valence electrons. The molecule has 0 aliphatic rings. The van der Waals surface area contributed by atoms with Gasteiger partial charge in [-0.25, -0.2) is 0 Å². The van der Waals surface area contributed by atoms with E-state index in [4.69, 9.17) is 4.52 Å². The number of nitrogens with one attached hydrogen (secondary N) is 1. The summed E-state index contributed by atoms with van der Waals surface area (Å²) in [5, 5.41) is 2.98. The molecule has 0 radical (unpaired) electrons. The molecule has 0 unspecified atom stereocenters. The Hall–Kier alpha value is -0.140. The predicted molar refractivity (Wildman–Crippen MR) is 106 cm³/mol. The molecule has 0 aliphatic carbocycles. The average Bonchev–Trinajstić information content (AvgIpc) is 2.55. The van der Waals surface area contributed by atoms with E-state index < -0.39 is 6.83 Å². The van der Waals surface area contributed by atoms with Crippen LogP contribution in [-0.2, 0) is 9.32 Å². The first-order valence-electron chi connectivity index (χ1n) is 9.89. The van der Waals surface area contributed by atoms with Gasteiger partial charge < -0.3 is 0 Å². The Kier molecular flexibility index (Phi) is 12.2. The Bertz CT molecular complexity index is 277. The van der Waals surface area contributed by atoms with E-state index >= 15 is 0 Å². The molecule has 0 atom stereocenters. The van der Waals surface area contributed by atoms with E-state index in [1.807, 2.05) is 7.05 Å². The van der Waals surface area contributed by atoms with Crippen molar-refractivity contribution in [2.24, 2.45) is 0 Å². The van der Waals surface area contributed by atoms with Gasteiger partial charge in [0.2, 0.25) is 0 Å². The second-order valence-electron chi connectivity index (χ2n) is 7.16. The van der Waals surface area contributed by atoms with Gasteiger partial charge in [-0.05, 0) is 0 Å². The van der Waals surface area contributed by atoms with Gasteiger partial charge in [0.05, 0.1) is 0 Å². The van der Waals surface area contributed by atoms with Crippen LogP contribution in [0.15, 0.2) is 0 Å². The standard InChI is InChI=1S/C19H42NO2P/c1-6-10-14-23(15-11-7-2,16-12-8-3,17-13-9-4)22-19(21)18-20-5/h20H,6-18H2,1-5H3. The van der Waals surface area contributed by atoms with Gasteiger partial charge in [-0.2, -0.15) is 0 Å². The third-order valence-corrected chi connectivity index (χ3v) is 11.5. The van der Waals surface area contributed by atoms with E-state index in [2.05, 4.69) is 33.0 Å². The topological polar surface area (TPSA) is 38.3 Å². The molecule has 0 saturated heterocycles. The molecule has 23 heavy (non-hydrogen) atoms. The first kappa shape index (κ1) is 22.9. The molecule has 0 rings (SSSR count). The van der Waals surface area contributed by atoms with Gasteiger partial charge in [-0.3, -0.25) is 0 Å². The molecule has 3 nitrogen and oxygen atoms in total. The predicted octanol–water partition coefficient (Wildman–Crippen LogP) is 5.42. The molecule has 1 N–H and O–H groups in total. The minimum atomic E-state index is -2.41. The Morgan fingerprint density at radius 2 is 1.13 bits per heavy atom. The van der Waals surface area contributed by atoms with E-state index in [0.717, 1.165) is 24.6 Å². The van der Waals surface area contributed by atoms with Crippen LogP contribution in [0.1, 0.15) is 79.1 Å². The Morgan fingerprint density at radius 3 is 1.39 bits per heavy atom. The van der Waals surface area contributed by atoms with Crippen molar-refractivity contribution in [3.8, 4) is 0 Å². The Morgan fingerprint density at radius 1 is 0.783 bits per heavy atom. The van der Waals surface area contributed by atoms with Crippen LogP contribution in [0.25, 0.3) is 0 Å². The quantitative estimate of drug-likeness (QED) is 0.402. The van der Waals surface area contributed by atoms with Crippen LogP contribution in [0.4, 0.5) is 0 Å². The second-order valence-corrected chi connectivity index (χ2v) is 12.8. The molecule has 4 heteroatoms. The van der Waals surface area contributed by atoms with Crippen LogP contribution in [0, 0.1) is 0 Å². The summed E-state index contributed by atoms with van der Waals surface area (Å²) in [6, 6.07) is 0. The molecule has 0 aliphatic heterocycles. The molecular weight excluding hydrogens is 305 g/mol. The first-order chi connectivity index (χ1) is 11.0. The molecular formula is C19H42NO2P. The number of carbonyl (C=O) groups is 1. The van der Waals surface area contributed by atoms with Crippen molar-refractivity contribution in [1.29, 1.82) is 0 Å². The van der Waals surface area contributed by atoms with Crippen molar-refractivity contribution in [2.45, 2.75) is 79.1 Å². The van der Waals surface area contributed by atoms with E-state index in [9.17, 15) is 4.79 Å². The molecule has 0 fully saturated rings. The number of hydrogen-bond acceptors (Lipinski definition) is 3. The van der Waals surface area contributed by atoms with Crippen LogP contribution in [0.2, 0.25) is 0 Å². The third-order valence-electron chi connectivity index (χ3n) is 4.99. The van der Waals surface area contributed by atoms with E-state index in [0.29, 0.717) is 6.54 Å². The molecule has 0 bridgehead atoms. The third kappa shape index (κ3) is 7.98. The van der Waals surface area contributed by atoms with Gasteiger partial charge in [0.1, 0.15) is 0 Å². The van der Waals surface area contributed by atoms with Crippen molar-refractivity contribution in [3.05, 3.63) is 0 Å². The summed E-state index contributed by atoms with van der Waals surface area (Å²) < 4.78 is 6.50. The molecule has 0 saturated carbocycles. The fourth-order valence-corrected chi connectivity index (χ4v) is 10.4. The van der Waals surface area contributed by atoms with Crippen molar-refractivity contribution in [2.75, 3.05) is 38.2 Å². The Balaban J connectivity index is 5.61. The minimum absolute atomic E-state index is 0.0235. The molecule has 0 aromatic heterocycles. The monoisotopic (exact) mass is 347 g/mol. The van der Waals surface area contributed by atoms with Crippen molar-refractivity contribution >= 4 is 12.8 Å². The van der Waals surface area contributed by atoms with Crippen LogP contribution in [0.3, 0.4) is 0 Å². The molecule has 0 aromatic carbocycles. The van der Waals surface area contributed by atoms with Crippen LogP contribution >= 0.6 is 6.83 Å². The second kappa shape index (κ2) is 12.3. The summed E-state index contributed by atoms with van der Waals surface area (Å²) in [7, 11) is 1.83. The van der Waals surface area contributed by atoms with Gasteiger partial charge in [0, 0.05) is 0 Å². The fraction of sp³-hybridized carbons (Fsp3) is 0.947. The SMILES string of the molecule is CCCCP(CCCC)(CCCC)(CCCC)OC(=O)CNC. The summed E-state index contributed by atoms with van der Waals surface area (Å²) in [6.07, 6.45) is 14.1.